The van der Waals surface area contributed by atoms with E-state index in [0.717, 1.165) is 32.1 Å². The Morgan fingerprint density at radius 2 is 1.56 bits per heavy atom. The monoisotopic (exact) mass is 376 g/mol. The highest BCUT2D eigenvalue weighted by Crippen LogP contribution is 2.52. The van der Waals surface area contributed by atoms with Crippen molar-refractivity contribution in [1.29, 1.82) is 0 Å². The van der Waals surface area contributed by atoms with Crippen molar-refractivity contribution < 1.29 is 19.5 Å². The van der Waals surface area contributed by atoms with Crippen molar-refractivity contribution in [3.05, 3.63) is 0 Å². The molecular weight excluding hydrogens is 344 g/mol. The first-order valence-corrected chi connectivity index (χ1v) is 10.8. The van der Waals surface area contributed by atoms with Gasteiger partial charge in [-0.25, -0.2) is 0 Å². The van der Waals surface area contributed by atoms with E-state index in [1.807, 2.05) is 4.90 Å². The van der Waals surface area contributed by atoms with Crippen LogP contribution in [0.5, 0.6) is 0 Å². The summed E-state index contributed by atoms with van der Waals surface area (Å²) in [5.41, 5.74) is -0.806. The highest BCUT2D eigenvalue weighted by atomic mass is 16.4. The topological polar surface area (TPSA) is 86.7 Å². The molecule has 0 aromatic rings. The zero-order valence-corrected chi connectivity index (χ0v) is 16.2. The van der Waals surface area contributed by atoms with Crippen LogP contribution in [-0.2, 0) is 14.4 Å². The number of amides is 2. The van der Waals surface area contributed by atoms with Gasteiger partial charge in [0.05, 0.1) is 11.3 Å². The number of aliphatic carboxylic acids is 1. The van der Waals surface area contributed by atoms with Crippen LogP contribution in [-0.4, -0.2) is 45.9 Å². The van der Waals surface area contributed by atoms with Gasteiger partial charge in [0.1, 0.15) is 0 Å². The highest BCUT2D eigenvalue weighted by Gasteiger charge is 2.53. The van der Waals surface area contributed by atoms with Gasteiger partial charge >= 0.3 is 5.97 Å². The van der Waals surface area contributed by atoms with E-state index in [1.165, 1.54) is 25.7 Å². The molecule has 1 atom stereocenters. The second-order valence-electron chi connectivity index (χ2n) is 9.45. The molecule has 2 amide bonds. The third kappa shape index (κ3) is 3.47. The summed E-state index contributed by atoms with van der Waals surface area (Å²) >= 11 is 0. The number of carboxylic acid groups (broad SMARTS) is 1. The molecule has 1 saturated heterocycles. The molecule has 6 nitrogen and oxygen atoms in total. The predicted octanol–water partition coefficient (Wildman–Crippen LogP) is 2.85. The minimum absolute atomic E-state index is 0.00389. The molecule has 0 spiro atoms. The first-order valence-electron chi connectivity index (χ1n) is 10.8. The molecule has 27 heavy (non-hydrogen) atoms. The van der Waals surface area contributed by atoms with Gasteiger partial charge in [-0.2, -0.15) is 0 Å². The second kappa shape index (κ2) is 7.10. The lowest BCUT2D eigenvalue weighted by molar-refractivity contribution is -0.157. The second-order valence-corrected chi connectivity index (χ2v) is 9.45. The molecule has 5 rings (SSSR count). The fraction of sp³-hybridized carbons (Fsp3) is 0.857. The van der Waals surface area contributed by atoms with Gasteiger partial charge in [0.15, 0.2) is 0 Å². The molecule has 2 bridgehead atoms. The maximum absolute atomic E-state index is 12.9. The highest BCUT2D eigenvalue weighted by molar-refractivity contribution is 5.89. The van der Waals surface area contributed by atoms with Gasteiger partial charge in [0, 0.05) is 24.5 Å². The number of nitrogens with zero attached hydrogens (tertiary/aromatic N) is 1. The van der Waals surface area contributed by atoms with Crippen molar-refractivity contribution in [2.45, 2.75) is 95.1 Å². The smallest absolute Gasteiger partial charge is 0.309 e. The van der Waals surface area contributed by atoms with E-state index >= 15 is 0 Å². The Morgan fingerprint density at radius 1 is 0.963 bits per heavy atom. The van der Waals surface area contributed by atoms with E-state index in [-0.39, 0.29) is 23.3 Å². The maximum Gasteiger partial charge on any atom is 0.309 e. The Kier molecular flexibility index (Phi) is 4.93. The zero-order chi connectivity index (χ0) is 19.1. The number of fused-ring (bicyclic) bond motifs is 3. The number of carbonyl (C=O) groups is 3. The van der Waals surface area contributed by atoms with Crippen molar-refractivity contribution in [2.24, 2.45) is 11.3 Å². The number of carbonyl (C=O) groups excluding carboxylic acids is 2. The Hall–Kier alpha value is -1.59. The third-order valence-corrected chi connectivity index (χ3v) is 7.88. The lowest BCUT2D eigenvalue weighted by Crippen LogP contribution is -2.59. The van der Waals surface area contributed by atoms with Crippen molar-refractivity contribution in [3.63, 3.8) is 0 Å². The molecule has 0 aromatic heterocycles. The molecule has 6 heteroatoms. The first-order chi connectivity index (χ1) is 12.9. The van der Waals surface area contributed by atoms with E-state index in [2.05, 4.69) is 5.32 Å². The summed E-state index contributed by atoms with van der Waals surface area (Å²) in [6.45, 7) is 0.560. The van der Waals surface area contributed by atoms with E-state index in [9.17, 15) is 19.5 Å². The minimum atomic E-state index is -0.678. The summed E-state index contributed by atoms with van der Waals surface area (Å²) in [6.07, 6.45) is 11.5. The number of nitrogens with one attached hydrogen (secondary N) is 1. The van der Waals surface area contributed by atoms with Gasteiger partial charge in [-0.05, 0) is 51.4 Å². The largest absolute Gasteiger partial charge is 0.481 e. The summed E-state index contributed by atoms with van der Waals surface area (Å²) in [5.74, 6) is -0.785. The molecule has 0 aromatic carbocycles. The van der Waals surface area contributed by atoms with Gasteiger partial charge in [0.2, 0.25) is 11.8 Å². The molecule has 4 saturated carbocycles. The van der Waals surface area contributed by atoms with Crippen LogP contribution < -0.4 is 5.32 Å². The summed E-state index contributed by atoms with van der Waals surface area (Å²) in [5, 5.41) is 12.8. The van der Waals surface area contributed by atoms with E-state index in [1.54, 1.807) is 0 Å². The molecule has 1 unspecified atom stereocenters. The molecule has 150 valence electrons. The molecule has 5 fully saturated rings. The summed E-state index contributed by atoms with van der Waals surface area (Å²) < 4.78 is 0. The van der Waals surface area contributed by atoms with Crippen molar-refractivity contribution in [2.75, 3.05) is 6.54 Å². The fourth-order valence-corrected chi connectivity index (χ4v) is 5.89. The van der Waals surface area contributed by atoms with Gasteiger partial charge in [0.25, 0.3) is 0 Å². The van der Waals surface area contributed by atoms with Gasteiger partial charge in [-0.1, -0.05) is 25.7 Å². The number of rotatable bonds is 4. The van der Waals surface area contributed by atoms with Gasteiger partial charge < -0.3 is 15.3 Å². The lowest BCUT2D eigenvalue weighted by Gasteiger charge is -2.51. The average Bonchev–Trinajstić information content (AvgIpc) is 2.88. The Morgan fingerprint density at radius 3 is 2.11 bits per heavy atom. The quantitative estimate of drug-likeness (QED) is 0.739. The maximum atomic E-state index is 12.9. The first kappa shape index (κ1) is 18.8. The minimum Gasteiger partial charge on any atom is -0.481 e. The van der Waals surface area contributed by atoms with Crippen LogP contribution in [0.15, 0.2) is 0 Å². The van der Waals surface area contributed by atoms with Crippen LogP contribution in [0.2, 0.25) is 0 Å². The number of hydrogen-bond donors (Lipinski definition) is 2. The Labute approximate surface area is 161 Å². The SMILES string of the molecule is O=C(NC12CCC(C(=O)O)(CC1)CC2)C1CC(=O)N(C2CCCCCC2)C1. The van der Waals surface area contributed by atoms with Crippen LogP contribution in [0.4, 0.5) is 0 Å². The van der Waals surface area contributed by atoms with Crippen LogP contribution in [0.1, 0.15) is 83.5 Å². The van der Waals surface area contributed by atoms with Gasteiger partial charge in [-0.15, -0.1) is 0 Å². The number of likely N-dealkylation sites (tertiary alicyclic amines) is 1. The molecule has 1 aliphatic heterocycles. The normalized spacial score (nSPS) is 37.3. The molecule has 4 aliphatic carbocycles. The molecular formula is C21H32N2O4. The summed E-state index contributed by atoms with van der Waals surface area (Å²) in [4.78, 5) is 39.1. The van der Waals surface area contributed by atoms with Crippen molar-refractivity contribution >= 4 is 17.8 Å². The standard InChI is InChI=1S/C21H32N2O4/c24-17-13-15(14-23(17)16-5-3-1-2-4-6-16)18(25)22-21-10-7-20(8-11-21,9-12-21)19(26)27/h15-16H,1-14H2,(H,22,25)(H,26,27). The Bertz CT molecular complexity index is 599. The van der Waals surface area contributed by atoms with E-state index < -0.39 is 11.4 Å². The predicted molar refractivity (Wildman–Crippen MR) is 100.0 cm³/mol. The number of carboxylic acids is 1. The lowest BCUT2D eigenvalue weighted by atomic mass is 9.57. The van der Waals surface area contributed by atoms with Gasteiger partial charge in [-0.3, -0.25) is 14.4 Å². The van der Waals surface area contributed by atoms with E-state index in [4.69, 9.17) is 0 Å². The third-order valence-electron chi connectivity index (χ3n) is 7.88. The van der Waals surface area contributed by atoms with Crippen molar-refractivity contribution in [3.8, 4) is 0 Å². The van der Waals surface area contributed by atoms with Crippen LogP contribution >= 0.6 is 0 Å². The molecule has 5 aliphatic rings. The van der Waals surface area contributed by atoms with Crippen LogP contribution in [0.25, 0.3) is 0 Å². The van der Waals surface area contributed by atoms with Crippen LogP contribution in [0.3, 0.4) is 0 Å². The van der Waals surface area contributed by atoms with Crippen LogP contribution in [0, 0.1) is 11.3 Å². The Balaban J connectivity index is 1.35. The molecule has 0 radical (unpaired) electrons. The fourth-order valence-electron chi connectivity index (χ4n) is 5.89. The zero-order valence-electron chi connectivity index (χ0n) is 16.2. The van der Waals surface area contributed by atoms with Crippen molar-refractivity contribution in [1.82, 2.24) is 10.2 Å². The summed E-state index contributed by atoms with van der Waals surface area (Å²) in [6, 6.07) is 0.316. The molecule has 1 heterocycles. The average molecular weight is 376 g/mol. The summed E-state index contributed by atoms with van der Waals surface area (Å²) in [7, 11) is 0. The van der Waals surface area contributed by atoms with E-state index in [0.29, 0.717) is 38.3 Å². The number of hydrogen-bond acceptors (Lipinski definition) is 3. The molecule has 2 N–H and O–H groups in total.